The van der Waals surface area contributed by atoms with E-state index in [1.807, 2.05) is 30.3 Å². The molecule has 1 aliphatic rings. The number of benzene rings is 1. The third-order valence-electron chi connectivity index (χ3n) is 2.30. The van der Waals surface area contributed by atoms with E-state index in [0.29, 0.717) is 6.61 Å². The van der Waals surface area contributed by atoms with Crippen molar-refractivity contribution in [3.05, 3.63) is 47.0 Å². The maximum Gasteiger partial charge on any atom is 0.0713 e. The molecule has 1 aromatic rings. The van der Waals surface area contributed by atoms with Crippen molar-refractivity contribution in [1.29, 1.82) is 0 Å². The maximum atomic E-state index is 5.34. The molecule has 1 fully saturated rings. The fraction of sp³-hybridized carbons (Fsp3) is 0.385. The Morgan fingerprint density at radius 1 is 1.27 bits per heavy atom. The quantitative estimate of drug-likeness (QED) is 0.734. The second-order valence-corrected chi connectivity index (χ2v) is 3.76. The molecule has 0 spiro atoms. The van der Waals surface area contributed by atoms with Crippen LogP contribution in [0.15, 0.2) is 41.4 Å². The minimum Gasteiger partial charge on any atom is -0.380 e. The van der Waals surface area contributed by atoms with Gasteiger partial charge in [-0.25, -0.2) is 0 Å². The molecule has 2 rings (SSSR count). The van der Waals surface area contributed by atoms with Crippen LogP contribution in [0.25, 0.3) is 0 Å². The first kappa shape index (κ1) is 12.3. The summed E-state index contributed by atoms with van der Waals surface area (Å²) in [6.07, 6.45) is 3.82. The van der Waals surface area contributed by atoms with E-state index in [2.05, 4.69) is 0 Å². The van der Waals surface area contributed by atoms with E-state index in [0.717, 1.165) is 0 Å². The zero-order chi connectivity index (χ0) is 10.9. The van der Waals surface area contributed by atoms with Gasteiger partial charge in [0.1, 0.15) is 0 Å². The molecular weight excluding hydrogens is 208 g/mol. The van der Waals surface area contributed by atoms with Crippen molar-refractivity contribution in [2.45, 2.75) is 25.9 Å². The summed E-state index contributed by atoms with van der Waals surface area (Å²) in [5, 5.41) is 0. The molecule has 1 nitrogen and oxygen atoms in total. The van der Waals surface area contributed by atoms with Crippen LogP contribution in [0.1, 0.15) is 24.8 Å². The standard InChI is InChI=1S/C8H10O.C5H7Cl/c1-9-7-8-5-3-2-4-6-8;6-4-5-2-1-3-5/h2-6H,7H2,1H3;4H,1-3H2. The van der Waals surface area contributed by atoms with E-state index in [4.69, 9.17) is 16.3 Å². The van der Waals surface area contributed by atoms with Gasteiger partial charge in [-0.1, -0.05) is 47.5 Å². The summed E-state index contributed by atoms with van der Waals surface area (Å²) in [4.78, 5) is 0. The molecule has 2 heteroatoms. The summed E-state index contributed by atoms with van der Waals surface area (Å²) < 4.78 is 4.93. The minimum atomic E-state index is 0.709. The topological polar surface area (TPSA) is 9.23 Å². The molecule has 82 valence electrons. The second kappa shape index (κ2) is 7.49. The highest BCUT2D eigenvalue weighted by molar-refractivity contribution is 6.25. The average Bonchev–Trinajstić information content (AvgIpc) is 2.19. The Morgan fingerprint density at radius 3 is 2.27 bits per heavy atom. The van der Waals surface area contributed by atoms with Crippen molar-refractivity contribution < 1.29 is 4.74 Å². The lowest BCUT2D eigenvalue weighted by Crippen LogP contribution is -1.93. The van der Waals surface area contributed by atoms with Crippen LogP contribution in [0, 0.1) is 0 Å². The van der Waals surface area contributed by atoms with E-state index in [1.165, 1.54) is 30.4 Å². The highest BCUT2D eigenvalue weighted by Crippen LogP contribution is 2.25. The van der Waals surface area contributed by atoms with Crippen LogP contribution >= 0.6 is 11.6 Å². The number of halogens is 1. The lowest BCUT2D eigenvalue weighted by atomic mass is 9.95. The van der Waals surface area contributed by atoms with E-state index in [9.17, 15) is 0 Å². The van der Waals surface area contributed by atoms with Gasteiger partial charge in [-0.05, 0) is 24.8 Å². The van der Waals surface area contributed by atoms with Crippen molar-refractivity contribution in [3.63, 3.8) is 0 Å². The molecule has 0 unspecified atom stereocenters. The van der Waals surface area contributed by atoms with Crippen LogP contribution in [0.4, 0.5) is 0 Å². The number of methoxy groups -OCH3 is 1. The highest BCUT2D eigenvalue weighted by atomic mass is 35.5. The first-order valence-electron chi connectivity index (χ1n) is 5.18. The van der Waals surface area contributed by atoms with E-state index >= 15 is 0 Å². The molecule has 1 aliphatic carbocycles. The number of ether oxygens (including phenoxy) is 1. The second-order valence-electron chi connectivity index (χ2n) is 3.54. The van der Waals surface area contributed by atoms with Crippen LogP contribution in [0.3, 0.4) is 0 Å². The lowest BCUT2D eigenvalue weighted by Gasteiger charge is -2.13. The monoisotopic (exact) mass is 224 g/mol. The van der Waals surface area contributed by atoms with Crippen LogP contribution in [0.5, 0.6) is 0 Å². The van der Waals surface area contributed by atoms with E-state index in [-0.39, 0.29) is 0 Å². The van der Waals surface area contributed by atoms with Gasteiger partial charge >= 0.3 is 0 Å². The molecular formula is C13H17ClO. The summed E-state index contributed by atoms with van der Waals surface area (Å²) in [7, 11) is 1.70. The molecule has 1 aromatic carbocycles. The first-order valence-corrected chi connectivity index (χ1v) is 5.61. The van der Waals surface area contributed by atoms with Gasteiger partial charge in [0.15, 0.2) is 0 Å². The highest BCUT2D eigenvalue weighted by Gasteiger charge is 2.05. The maximum absolute atomic E-state index is 5.34. The third-order valence-corrected chi connectivity index (χ3v) is 2.61. The Balaban J connectivity index is 0.000000162. The van der Waals surface area contributed by atoms with Crippen molar-refractivity contribution in [1.82, 2.24) is 0 Å². The van der Waals surface area contributed by atoms with Gasteiger partial charge < -0.3 is 4.74 Å². The lowest BCUT2D eigenvalue weighted by molar-refractivity contribution is 0.185. The van der Waals surface area contributed by atoms with Gasteiger partial charge in [0, 0.05) is 12.6 Å². The van der Waals surface area contributed by atoms with Crippen molar-refractivity contribution in [3.8, 4) is 0 Å². The number of hydrogen-bond donors (Lipinski definition) is 0. The molecule has 1 saturated carbocycles. The van der Waals surface area contributed by atoms with Crippen LogP contribution in [-0.2, 0) is 11.3 Å². The normalized spacial score (nSPS) is 13.6. The fourth-order valence-electron chi connectivity index (χ4n) is 1.23. The molecule has 0 heterocycles. The molecule has 0 aromatic heterocycles. The number of allylic oxidation sites excluding steroid dienone is 1. The van der Waals surface area contributed by atoms with Crippen molar-refractivity contribution in [2.24, 2.45) is 0 Å². The Bertz CT molecular complexity index is 287. The molecule has 0 bridgehead atoms. The van der Waals surface area contributed by atoms with Crippen LogP contribution in [-0.4, -0.2) is 7.11 Å². The van der Waals surface area contributed by atoms with E-state index in [1.54, 1.807) is 12.6 Å². The van der Waals surface area contributed by atoms with Crippen molar-refractivity contribution in [2.75, 3.05) is 7.11 Å². The predicted octanol–water partition coefficient (Wildman–Crippen LogP) is 4.13. The molecule has 15 heavy (non-hydrogen) atoms. The van der Waals surface area contributed by atoms with Gasteiger partial charge in [-0.15, -0.1) is 0 Å². The van der Waals surface area contributed by atoms with Crippen LogP contribution in [0.2, 0.25) is 0 Å². The molecule has 0 atom stereocenters. The summed E-state index contributed by atoms with van der Waals surface area (Å²) in [5.41, 5.74) is 4.33. The van der Waals surface area contributed by atoms with Gasteiger partial charge in [0.25, 0.3) is 0 Å². The minimum absolute atomic E-state index is 0.709. The zero-order valence-electron chi connectivity index (χ0n) is 9.08. The van der Waals surface area contributed by atoms with Gasteiger partial charge in [-0.3, -0.25) is 0 Å². The van der Waals surface area contributed by atoms with Gasteiger partial charge in [0.2, 0.25) is 0 Å². The molecule has 0 radical (unpaired) electrons. The molecule has 0 N–H and O–H groups in total. The molecule has 0 aliphatic heterocycles. The fourth-order valence-corrected chi connectivity index (χ4v) is 1.45. The average molecular weight is 225 g/mol. The molecule has 0 saturated heterocycles. The number of hydrogen-bond acceptors (Lipinski definition) is 1. The Kier molecular flexibility index (Phi) is 6.14. The smallest absolute Gasteiger partial charge is 0.0713 e. The Morgan fingerprint density at radius 2 is 1.93 bits per heavy atom. The summed E-state index contributed by atoms with van der Waals surface area (Å²) >= 11 is 5.34. The SMILES string of the molecule is COCc1ccccc1.ClC=C1CCC1. The zero-order valence-corrected chi connectivity index (χ0v) is 9.83. The summed E-state index contributed by atoms with van der Waals surface area (Å²) in [5.74, 6) is 0. The van der Waals surface area contributed by atoms with Crippen molar-refractivity contribution >= 4 is 11.6 Å². The Labute approximate surface area is 96.7 Å². The number of rotatable bonds is 2. The summed E-state index contributed by atoms with van der Waals surface area (Å²) in [6, 6.07) is 10.1. The first-order chi connectivity index (χ1) is 7.36. The molecule has 0 amide bonds. The summed E-state index contributed by atoms with van der Waals surface area (Å²) in [6.45, 7) is 0.709. The Hall–Kier alpha value is -0.790. The van der Waals surface area contributed by atoms with Gasteiger partial charge in [0.05, 0.1) is 6.61 Å². The van der Waals surface area contributed by atoms with Crippen LogP contribution < -0.4 is 0 Å². The third kappa shape index (κ3) is 5.01. The largest absolute Gasteiger partial charge is 0.380 e. The van der Waals surface area contributed by atoms with E-state index < -0.39 is 0 Å². The predicted molar refractivity (Wildman–Crippen MR) is 64.9 cm³/mol. The van der Waals surface area contributed by atoms with Gasteiger partial charge in [-0.2, -0.15) is 0 Å².